The van der Waals surface area contributed by atoms with E-state index >= 15 is 0 Å². The minimum Gasteiger partial charge on any atom is -0.433 e. The summed E-state index contributed by atoms with van der Waals surface area (Å²) in [6.45, 7) is 4.95. The molecule has 1 rings (SSSR count). The maximum absolute atomic E-state index is 13.1. The summed E-state index contributed by atoms with van der Waals surface area (Å²) in [5, 5.41) is 0. The molecule has 0 aromatic heterocycles. The molecule has 1 aliphatic heterocycles. The summed E-state index contributed by atoms with van der Waals surface area (Å²) < 4.78 is 39.5. The van der Waals surface area contributed by atoms with Crippen molar-refractivity contribution in [1.82, 2.24) is 0 Å². The van der Waals surface area contributed by atoms with Gasteiger partial charge in [0.15, 0.2) is 0 Å². The number of carbonyl (C=O) groups excluding carboxylic acids is 1. The van der Waals surface area contributed by atoms with Gasteiger partial charge in [-0.05, 0) is 6.92 Å². The number of hydrogen-bond acceptors (Lipinski definition) is 5. The first-order valence-electron chi connectivity index (χ1n) is 5.04. The van der Waals surface area contributed by atoms with Crippen molar-refractivity contribution in [1.29, 1.82) is 0 Å². The quantitative estimate of drug-likeness (QED) is 0.552. The normalized spacial score (nSPS) is 33.5. The van der Waals surface area contributed by atoms with Crippen LogP contribution in [0.25, 0.3) is 0 Å². The van der Waals surface area contributed by atoms with Gasteiger partial charge in [0.05, 0.1) is 12.5 Å². The van der Waals surface area contributed by atoms with Crippen LogP contribution in [-0.2, 0) is 23.4 Å². The van der Waals surface area contributed by atoms with Crippen LogP contribution in [-0.4, -0.2) is 38.1 Å². The van der Waals surface area contributed by atoms with Crippen LogP contribution in [0.4, 0.5) is 4.39 Å². The van der Waals surface area contributed by atoms with Gasteiger partial charge >= 0.3 is 5.97 Å². The highest BCUT2D eigenvalue weighted by Gasteiger charge is 2.43. The minimum absolute atomic E-state index is 0.185. The number of cyclic esters (lactones) is 1. The number of alkyl halides is 1. The topological polar surface area (TPSA) is 61.8 Å². The van der Waals surface area contributed by atoms with Crippen LogP contribution in [0.3, 0.4) is 0 Å². The van der Waals surface area contributed by atoms with Crippen LogP contribution < -0.4 is 0 Å². The molecule has 5 nitrogen and oxygen atoms in total. The smallest absolute Gasteiger partial charge is 0.343 e. The molecule has 1 heterocycles. The van der Waals surface area contributed by atoms with Gasteiger partial charge in [-0.3, -0.25) is 4.57 Å². The molecule has 0 aromatic carbocycles. The fraction of sp³-hybridized carbons (Fsp3) is 0.889. The number of ether oxygens (including phenoxy) is 2. The SMILES string of the molecule is CCOP(C)(=O)CO[C@H]1OC(=O)C(F)[C@H]1C. The summed E-state index contributed by atoms with van der Waals surface area (Å²) in [7, 11) is -2.85. The fourth-order valence-electron chi connectivity index (χ4n) is 1.34. The van der Waals surface area contributed by atoms with Crippen LogP contribution in [0, 0.1) is 5.92 Å². The molecule has 0 amide bonds. The summed E-state index contributed by atoms with van der Waals surface area (Å²) in [5.41, 5.74) is 0. The lowest BCUT2D eigenvalue weighted by Crippen LogP contribution is -2.22. The molecule has 0 aliphatic carbocycles. The third kappa shape index (κ3) is 3.27. The number of hydrogen-bond donors (Lipinski definition) is 0. The van der Waals surface area contributed by atoms with Crippen LogP contribution in [0.5, 0.6) is 0 Å². The van der Waals surface area contributed by atoms with E-state index in [0.29, 0.717) is 6.61 Å². The molecule has 0 spiro atoms. The zero-order valence-electron chi connectivity index (χ0n) is 9.51. The third-order valence-electron chi connectivity index (χ3n) is 2.22. The molecule has 7 heteroatoms. The van der Waals surface area contributed by atoms with Crippen molar-refractivity contribution in [3.8, 4) is 0 Å². The summed E-state index contributed by atoms with van der Waals surface area (Å²) in [6, 6.07) is 0. The first-order chi connectivity index (χ1) is 7.37. The molecule has 0 saturated carbocycles. The van der Waals surface area contributed by atoms with E-state index in [-0.39, 0.29) is 6.35 Å². The largest absolute Gasteiger partial charge is 0.433 e. The molecular formula is C9H16FO5P. The second-order valence-corrected chi connectivity index (χ2v) is 6.34. The second kappa shape index (κ2) is 5.25. The standard InChI is InChI=1S/C9H16FO5P/c1-4-14-16(3,12)5-13-9-6(2)7(10)8(11)15-9/h6-7,9H,4-5H2,1-3H3/t6-,7?,9+,16?/m1/s1. The Morgan fingerprint density at radius 1 is 1.56 bits per heavy atom. The summed E-state index contributed by atoms with van der Waals surface area (Å²) >= 11 is 0. The Balaban J connectivity index is 2.45. The minimum atomic E-state index is -2.85. The zero-order chi connectivity index (χ0) is 12.3. The lowest BCUT2D eigenvalue weighted by molar-refractivity contribution is -0.163. The van der Waals surface area contributed by atoms with Gasteiger partial charge in [0.2, 0.25) is 19.8 Å². The Labute approximate surface area is 93.7 Å². The van der Waals surface area contributed by atoms with Crippen molar-refractivity contribution in [2.75, 3.05) is 19.6 Å². The van der Waals surface area contributed by atoms with Crippen molar-refractivity contribution in [2.45, 2.75) is 26.3 Å². The Morgan fingerprint density at radius 3 is 2.62 bits per heavy atom. The summed E-state index contributed by atoms with van der Waals surface area (Å²) in [6.07, 6.45) is -2.83. The van der Waals surface area contributed by atoms with Crippen molar-refractivity contribution in [3.63, 3.8) is 0 Å². The van der Waals surface area contributed by atoms with Gasteiger partial charge in [0.25, 0.3) is 0 Å². The highest BCUT2D eigenvalue weighted by atomic mass is 31.2. The zero-order valence-corrected chi connectivity index (χ0v) is 10.4. The van der Waals surface area contributed by atoms with Gasteiger partial charge in [-0.2, -0.15) is 0 Å². The van der Waals surface area contributed by atoms with E-state index in [1.807, 2.05) is 0 Å². The van der Waals surface area contributed by atoms with Gasteiger partial charge in [0, 0.05) is 6.66 Å². The molecule has 16 heavy (non-hydrogen) atoms. The third-order valence-corrected chi connectivity index (χ3v) is 3.65. The van der Waals surface area contributed by atoms with Crippen LogP contribution in [0.15, 0.2) is 0 Å². The van der Waals surface area contributed by atoms with Crippen LogP contribution >= 0.6 is 7.37 Å². The van der Waals surface area contributed by atoms with Crippen molar-refractivity contribution < 1.29 is 27.7 Å². The molecule has 0 radical (unpaired) electrons. The molecule has 1 aliphatic rings. The van der Waals surface area contributed by atoms with E-state index in [4.69, 9.17) is 9.26 Å². The highest BCUT2D eigenvalue weighted by Crippen LogP contribution is 2.43. The second-order valence-electron chi connectivity index (χ2n) is 3.79. The van der Waals surface area contributed by atoms with Gasteiger partial charge in [-0.1, -0.05) is 6.92 Å². The first-order valence-corrected chi connectivity index (χ1v) is 7.30. The Kier molecular flexibility index (Phi) is 4.47. The van der Waals surface area contributed by atoms with Gasteiger partial charge in [-0.15, -0.1) is 0 Å². The Morgan fingerprint density at radius 2 is 2.19 bits per heavy atom. The van der Waals surface area contributed by atoms with Crippen LogP contribution in [0.1, 0.15) is 13.8 Å². The molecule has 0 aromatic rings. The average Bonchev–Trinajstić information content (AvgIpc) is 2.43. The van der Waals surface area contributed by atoms with Crippen molar-refractivity contribution in [2.24, 2.45) is 5.92 Å². The van der Waals surface area contributed by atoms with E-state index in [2.05, 4.69) is 4.74 Å². The van der Waals surface area contributed by atoms with Gasteiger partial charge in [0.1, 0.15) is 6.35 Å². The molecule has 4 atom stereocenters. The van der Waals surface area contributed by atoms with E-state index in [9.17, 15) is 13.8 Å². The number of halogens is 1. The van der Waals surface area contributed by atoms with Crippen molar-refractivity contribution >= 4 is 13.3 Å². The molecule has 2 unspecified atom stereocenters. The molecular weight excluding hydrogens is 238 g/mol. The predicted molar refractivity (Wildman–Crippen MR) is 55.0 cm³/mol. The molecule has 1 saturated heterocycles. The number of rotatable bonds is 5. The molecule has 0 bridgehead atoms. The molecule has 1 fully saturated rings. The summed E-state index contributed by atoms with van der Waals surface area (Å²) in [5.74, 6) is -1.62. The van der Waals surface area contributed by atoms with Gasteiger partial charge in [-0.25, -0.2) is 9.18 Å². The Hall–Kier alpha value is -0.450. The fourth-order valence-corrected chi connectivity index (χ4v) is 2.38. The lowest BCUT2D eigenvalue weighted by atomic mass is 10.1. The van der Waals surface area contributed by atoms with E-state index in [1.54, 1.807) is 6.92 Å². The highest BCUT2D eigenvalue weighted by molar-refractivity contribution is 7.57. The number of esters is 1. The van der Waals surface area contributed by atoms with Crippen molar-refractivity contribution in [3.05, 3.63) is 0 Å². The average molecular weight is 254 g/mol. The Bertz CT molecular complexity index is 308. The monoisotopic (exact) mass is 254 g/mol. The lowest BCUT2D eigenvalue weighted by Gasteiger charge is -2.18. The summed E-state index contributed by atoms with van der Waals surface area (Å²) in [4.78, 5) is 10.9. The maximum atomic E-state index is 13.1. The number of carbonyl (C=O) groups is 1. The molecule has 94 valence electrons. The first kappa shape index (κ1) is 13.6. The molecule has 0 N–H and O–H groups in total. The van der Waals surface area contributed by atoms with E-state index < -0.39 is 31.7 Å². The van der Waals surface area contributed by atoms with E-state index in [0.717, 1.165) is 0 Å². The maximum Gasteiger partial charge on any atom is 0.343 e. The van der Waals surface area contributed by atoms with E-state index in [1.165, 1.54) is 13.6 Å². The van der Waals surface area contributed by atoms with Crippen LogP contribution in [0.2, 0.25) is 0 Å². The van der Waals surface area contributed by atoms with Gasteiger partial charge < -0.3 is 14.0 Å². The predicted octanol–water partition coefficient (Wildman–Crippen LogP) is 1.76.